The molecule has 4 heteroatoms. The number of benzene rings is 1. The molecule has 1 rings (SSSR count). The minimum atomic E-state index is -0.317. The van der Waals surface area contributed by atoms with Crippen LogP contribution >= 0.6 is 28.3 Å². The van der Waals surface area contributed by atoms with Gasteiger partial charge < -0.3 is 10.8 Å². The van der Waals surface area contributed by atoms with Gasteiger partial charge in [0, 0.05) is 10.0 Å². The minimum Gasteiger partial charge on any atom is -0.508 e. The van der Waals surface area contributed by atoms with Crippen LogP contribution in [0.5, 0.6) is 5.75 Å². The molecular weight excluding hydrogens is 253 g/mol. The molecule has 0 bridgehead atoms. The maximum Gasteiger partial charge on any atom is 0.120 e. The summed E-state index contributed by atoms with van der Waals surface area (Å²) in [6, 6.07) is 4.82. The van der Waals surface area contributed by atoms with Gasteiger partial charge in [0.25, 0.3) is 0 Å². The molecule has 0 aliphatic rings. The van der Waals surface area contributed by atoms with Gasteiger partial charge in [0.2, 0.25) is 0 Å². The molecule has 2 nitrogen and oxygen atoms in total. The Morgan fingerprint density at radius 3 is 2.69 bits per heavy atom. The summed E-state index contributed by atoms with van der Waals surface area (Å²) in [5.41, 5.74) is 6.35. The SMILES string of the molecule is C=C[C@H](N)c1cc(Br)ccc1O.Cl. The third kappa shape index (κ3) is 3.03. The van der Waals surface area contributed by atoms with Crippen molar-refractivity contribution in [1.82, 2.24) is 0 Å². The van der Waals surface area contributed by atoms with Gasteiger partial charge in [0.05, 0.1) is 6.04 Å². The lowest BCUT2D eigenvalue weighted by atomic mass is 10.1. The molecule has 0 amide bonds. The third-order valence-corrected chi connectivity index (χ3v) is 2.10. The first kappa shape index (κ1) is 12.5. The van der Waals surface area contributed by atoms with Gasteiger partial charge in [-0.1, -0.05) is 22.0 Å². The van der Waals surface area contributed by atoms with Crippen LogP contribution in [0.15, 0.2) is 35.3 Å². The maximum absolute atomic E-state index is 9.39. The molecule has 1 atom stereocenters. The molecule has 0 aliphatic carbocycles. The Kier molecular flexibility index (Phi) is 5.06. The molecule has 0 spiro atoms. The zero-order valence-corrected chi connectivity index (χ0v) is 9.31. The van der Waals surface area contributed by atoms with Crippen LogP contribution in [0.4, 0.5) is 0 Å². The monoisotopic (exact) mass is 263 g/mol. The first-order valence-electron chi connectivity index (χ1n) is 3.51. The van der Waals surface area contributed by atoms with Crippen LogP contribution in [0.3, 0.4) is 0 Å². The molecule has 1 aromatic carbocycles. The first-order chi connectivity index (χ1) is 5.65. The Morgan fingerprint density at radius 1 is 1.54 bits per heavy atom. The smallest absolute Gasteiger partial charge is 0.120 e. The standard InChI is InChI=1S/C9H10BrNO.ClH/c1-2-8(11)7-5-6(10)3-4-9(7)12;/h2-5,8,12H,1,11H2;1H/t8-;/m0./s1. The molecule has 0 radical (unpaired) electrons. The van der Waals surface area contributed by atoms with Crippen molar-refractivity contribution in [3.63, 3.8) is 0 Å². The van der Waals surface area contributed by atoms with Crippen LogP contribution in [0, 0.1) is 0 Å². The second kappa shape index (κ2) is 5.27. The van der Waals surface area contributed by atoms with Crippen molar-refractivity contribution in [2.24, 2.45) is 5.73 Å². The second-order valence-corrected chi connectivity index (χ2v) is 3.38. The number of halogens is 2. The van der Waals surface area contributed by atoms with Crippen molar-refractivity contribution >= 4 is 28.3 Å². The van der Waals surface area contributed by atoms with Crippen molar-refractivity contribution in [3.8, 4) is 5.75 Å². The zero-order chi connectivity index (χ0) is 9.14. The van der Waals surface area contributed by atoms with E-state index in [-0.39, 0.29) is 24.2 Å². The lowest BCUT2D eigenvalue weighted by molar-refractivity contribution is 0.466. The fourth-order valence-corrected chi connectivity index (χ4v) is 1.30. The number of nitrogens with two attached hydrogens (primary N) is 1. The van der Waals surface area contributed by atoms with Crippen LogP contribution in [-0.2, 0) is 0 Å². The van der Waals surface area contributed by atoms with E-state index in [0.717, 1.165) is 4.47 Å². The van der Waals surface area contributed by atoms with Crippen LogP contribution in [0.2, 0.25) is 0 Å². The molecule has 0 heterocycles. The molecule has 0 unspecified atom stereocenters. The summed E-state index contributed by atoms with van der Waals surface area (Å²) in [4.78, 5) is 0. The Hall–Kier alpha value is -0.510. The summed E-state index contributed by atoms with van der Waals surface area (Å²) >= 11 is 3.29. The summed E-state index contributed by atoms with van der Waals surface area (Å²) in [7, 11) is 0. The van der Waals surface area contributed by atoms with Crippen LogP contribution in [-0.4, -0.2) is 5.11 Å². The largest absolute Gasteiger partial charge is 0.508 e. The number of hydrogen-bond donors (Lipinski definition) is 2. The molecule has 0 saturated heterocycles. The Labute approximate surface area is 92.0 Å². The van der Waals surface area contributed by atoms with Gasteiger partial charge in [-0.2, -0.15) is 0 Å². The van der Waals surface area contributed by atoms with Gasteiger partial charge in [-0.05, 0) is 18.2 Å². The number of phenols is 1. The van der Waals surface area contributed by atoms with E-state index in [9.17, 15) is 5.11 Å². The van der Waals surface area contributed by atoms with Crippen LogP contribution < -0.4 is 5.73 Å². The van der Waals surface area contributed by atoms with Crippen molar-refractivity contribution in [1.29, 1.82) is 0 Å². The van der Waals surface area contributed by atoms with E-state index in [2.05, 4.69) is 22.5 Å². The molecule has 13 heavy (non-hydrogen) atoms. The molecule has 0 aliphatic heterocycles. The average molecular weight is 265 g/mol. The molecule has 3 N–H and O–H groups in total. The summed E-state index contributed by atoms with van der Waals surface area (Å²) in [6.07, 6.45) is 1.58. The van der Waals surface area contributed by atoms with Gasteiger partial charge in [0.1, 0.15) is 5.75 Å². The van der Waals surface area contributed by atoms with Gasteiger partial charge in [-0.25, -0.2) is 0 Å². The van der Waals surface area contributed by atoms with Crippen LogP contribution in [0.25, 0.3) is 0 Å². The van der Waals surface area contributed by atoms with E-state index < -0.39 is 0 Å². The summed E-state index contributed by atoms with van der Waals surface area (Å²) in [6.45, 7) is 3.56. The zero-order valence-electron chi connectivity index (χ0n) is 6.90. The Morgan fingerprint density at radius 2 is 2.15 bits per heavy atom. The first-order valence-corrected chi connectivity index (χ1v) is 4.31. The number of aromatic hydroxyl groups is 1. The Balaban J connectivity index is 0.00000144. The molecule has 0 saturated carbocycles. The highest BCUT2D eigenvalue weighted by Crippen LogP contribution is 2.26. The lowest BCUT2D eigenvalue weighted by Crippen LogP contribution is -2.06. The van der Waals surface area contributed by atoms with E-state index in [1.54, 1.807) is 24.3 Å². The average Bonchev–Trinajstić information content (AvgIpc) is 2.08. The number of phenolic OH excluding ortho intramolecular Hbond substituents is 1. The summed E-state index contributed by atoms with van der Waals surface area (Å²) < 4.78 is 0.896. The lowest BCUT2D eigenvalue weighted by Gasteiger charge is -2.08. The Bertz CT molecular complexity index is 304. The minimum absolute atomic E-state index is 0. The highest BCUT2D eigenvalue weighted by molar-refractivity contribution is 9.10. The fraction of sp³-hybridized carbons (Fsp3) is 0.111. The number of hydrogen-bond acceptors (Lipinski definition) is 2. The van der Waals surface area contributed by atoms with Gasteiger partial charge in [0.15, 0.2) is 0 Å². The maximum atomic E-state index is 9.39. The third-order valence-electron chi connectivity index (χ3n) is 1.60. The quantitative estimate of drug-likeness (QED) is 0.807. The van der Waals surface area contributed by atoms with E-state index in [4.69, 9.17) is 5.73 Å². The molecule has 0 aromatic heterocycles. The molecular formula is C9H11BrClNO. The molecule has 1 aromatic rings. The van der Waals surface area contributed by atoms with Crippen LogP contribution in [0.1, 0.15) is 11.6 Å². The highest BCUT2D eigenvalue weighted by atomic mass is 79.9. The predicted octanol–water partition coefficient (Wildman–Crippen LogP) is 2.76. The summed E-state index contributed by atoms with van der Waals surface area (Å²) in [5.74, 6) is 0.200. The topological polar surface area (TPSA) is 46.2 Å². The number of rotatable bonds is 2. The second-order valence-electron chi connectivity index (χ2n) is 2.46. The van der Waals surface area contributed by atoms with Gasteiger partial charge in [-0.3, -0.25) is 0 Å². The normalized spacial score (nSPS) is 11.5. The van der Waals surface area contributed by atoms with E-state index in [0.29, 0.717) is 5.56 Å². The summed E-state index contributed by atoms with van der Waals surface area (Å²) in [5, 5.41) is 9.39. The van der Waals surface area contributed by atoms with Gasteiger partial charge in [-0.15, -0.1) is 19.0 Å². The van der Waals surface area contributed by atoms with E-state index in [1.807, 2.05) is 0 Å². The molecule has 0 fully saturated rings. The molecule has 72 valence electrons. The van der Waals surface area contributed by atoms with Crippen molar-refractivity contribution in [3.05, 3.63) is 40.9 Å². The van der Waals surface area contributed by atoms with Crippen molar-refractivity contribution in [2.75, 3.05) is 0 Å². The van der Waals surface area contributed by atoms with E-state index in [1.165, 1.54) is 0 Å². The highest BCUT2D eigenvalue weighted by Gasteiger charge is 2.06. The van der Waals surface area contributed by atoms with Crippen molar-refractivity contribution in [2.45, 2.75) is 6.04 Å². The van der Waals surface area contributed by atoms with E-state index >= 15 is 0 Å². The predicted molar refractivity (Wildman–Crippen MR) is 60.2 cm³/mol. The van der Waals surface area contributed by atoms with Crippen molar-refractivity contribution < 1.29 is 5.11 Å². The van der Waals surface area contributed by atoms with Gasteiger partial charge >= 0.3 is 0 Å². The fourth-order valence-electron chi connectivity index (χ4n) is 0.919.